The van der Waals surface area contributed by atoms with Crippen molar-refractivity contribution >= 4 is 52.0 Å². The van der Waals surface area contributed by atoms with Crippen LogP contribution in [0, 0.1) is 23.2 Å². The van der Waals surface area contributed by atoms with Crippen molar-refractivity contribution in [1.29, 1.82) is 0 Å². The van der Waals surface area contributed by atoms with Crippen molar-refractivity contribution in [2.45, 2.75) is 129 Å². The lowest BCUT2D eigenvalue weighted by Gasteiger charge is -2.37. The molecule has 2 unspecified atom stereocenters. The maximum Gasteiger partial charge on any atom is 0.315 e. The van der Waals surface area contributed by atoms with Crippen molar-refractivity contribution < 1.29 is 32.7 Å². The van der Waals surface area contributed by atoms with Gasteiger partial charge in [0.25, 0.3) is 5.91 Å². The number of hydrogen-bond acceptors (Lipinski definition) is 8. The third-order valence-corrected chi connectivity index (χ3v) is 12.1. The number of thiophene rings is 1. The fourth-order valence-corrected chi connectivity index (χ4v) is 8.84. The molecule has 2 aliphatic rings. The third-order valence-electron chi connectivity index (χ3n) is 10.2. The summed E-state index contributed by atoms with van der Waals surface area (Å²) in [5.41, 5.74) is -0.371. The first-order valence-corrected chi connectivity index (χ1v) is 20.6. The molecule has 15 heteroatoms. The smallest absolute Gasteiger partial charge is 0.315 e. The number of rotatable bonds is 18. The van der Waals surface area contributed by atoms with Crippen molar-refractivity contribution in [2.75, 3.05) is 19.6 Å². The van der Waals surface area contributed by atoms with Gasteiger partial charge in [0.2, 0.25) is 17.6 Å². The molecule has 2 fully saturated rings. The molecular weight excluding hydrogens is 705 g/mol. The van der Waals surface area contributed by atoms with E-state index < -0.39 is 52.8 Å². The normalized spacial score (nSPS) is 20.4. The van der Waals surface area contributed by atoms with Gasteiger partial charge >= 0.3 is 6.03 Å². The van der Waals surface area contributed by atoms with Gasteiger partial charge < -0.3 is 36.0 Å². The van der Waals surface area contributed by atoms with Gasteiger partial charge in [-0.3, -0.25) is 19.2 Å². The molecule has 0 aromatic carbocycles. The molecule has 6 N–H and O–H groups in total. The van der Waals surface area contributed by atoms with E-state index in [2.05, 4.69) is 33.2 Å². The fraction of sp³-hybridized carbons (Fsp3) is 0.703. The van der Waals surface area contributed by atoms with Gasteiger partial charge in [-0.2, -0.15) is 0 Å². The van der Waals surface area contributed by atoms with Crippen LogP contribution in [0.2, 0.25) is 0 Å². The Kier molecular flexibility index (Phi) is 16.9. The highest BCUT2D eigenvalue weighted by Gasteiger charge is 2.47. The molecule has 2 heterocycles. The van der Waals surface area contributed by atoms with Gasteiger partial charge in [-0.25, -0.2) is 9.00 Å². The summed E-state index contributed by atoms with van der Waals surface area (Å²) >= 11 is -0.709. The first kappa shape index (κ1) is 43.3. The first-order valence-electron chi connectivity index (χ1n) is 18.6. The molecular formula is C37H60N6O7S2. The van der Waals surface area contributed by atoms with E-state index in [1.54, 1.807) is 16.3 Å². The van der Waals surface area contributed by atoms with E-state index in [0.29, 0.717) is 37.4 Å². The van der Waals surface area contributed by atoms with Crippen LogP contribution in [0.15, 0.2) is 29.0 Å². The maximum atomic E-state index is 14.6. The summed E-state index contributed by atoms with van der Waals surface area (Å²) in [6, 6.07) is -1.98. The zero-order valence-electron chi connectivity index (χ0n) is 31.6. The van der Waals surface area contributed by atoms with Gasteiger partial charge in [-0.15, -0.1) is 17.9 Å². The molecule has 6 atom stereocenters. The molecule has 0 spiro atoms. The minimum Gasteiger partial charge on any atom is -0.346 e. The molecule has 1 aliphatic heterocycles. The van der Waals surface area contributed by atoms with E-state index in [-0.39, 0.29) is 48.1 Å². The van der Waals surface area contributed by atoms with E-state index in [1.807, 2.05) is 41.5 Å². The molecule has 1 aromatic heterocycles. The summed E-state index contributed by atoms with van der Waals surface area (Å²) in [7, 11) is 0. The lowest BCUT2D eigenvalue weighted by molar-refractivity contribution is -0.144. The summed E-state index contributed by atoms with van der Waals surface area (Å²) in [6.07, 6.45) is 7.33. The summed E-state index contributed by atoms with van der Waals surface area (Å²) in [5, 5.41) is 16.5. The van der Waals surface area contributed by atoms with Crippen molar-refractivity contribution in [2.24, 2.45) is 23.2 Å². The largest absolute Gasteiger partial charge is 0.346 e. The fourth-order valence-electron chi connectivity index (χ4n) is 7.21. The Bertz CT molecular complexity index is 1420. The second kappa shape index (κ2) is 20.4. The van der Waals surface area contributed by atoms with Crippen LogP contribution in [-0.2, 0) is 36.8 Å². The van der Waals surface area contributed by atoms with Crippen LogP contribution < -0.4 is 26.6 Å². The molecule has 52 heavy (non-hydrogen) atoms. The number of nitrogens with one attached hydrogen (secondary N) is 5. The highest BCUT2D eigenvalue weighted by atomic mass is 32.2. The van der Waals surface area contributed by atoms with Gasteiger partial charge in [0.05, 0.1) is 10.9 Å². The minimum atomic E-state index is -2.09. The minimum absolute atomic E-state index is 0.0526. The zero-order valence-corrected chi connectivity index (χ0v) is 33.3. The van der Waals surface area contributed by atoms with Crippen LogP contribution in [0.1, 0.15) is 97.8 Å². The van der Waals surface area contributed by atoms with Gasteiger partial charge in [-0.05, 0) is 60.3 Å². The van der Waals surface area contributed by atoms with Crippen molar-refractivity contribution in [3.63, 3.8) is 0 Å². The van der Waals surface area contributed by atoms with E-state index in [1.165, 1.54) is 17.4 Å². The number of carbonyl (C=O) groups excluding carboxylic acids is 5. The Balaban J connectivity index is 1.81. The lowest BCUT2D eigenvalue weighted by Crippen LogP contribution is -2.61. The SMILES string of the molecule is C=CCNC(=O)C(=O)C(CCC)NC(=O)[C@@H]1[C@@H](C(C)C)CCN1C(=O)[C@@H](NC(=O)N[C@H](CNCc1sccc1S(=O)O)C(C)(C)C)C1CCCCC1. The molecule has 1 saturated heterocycles. The molecule has 5 amide bonds. The van der Waals surface area contributed by atoms with Gasteiger partial charge in [-0.1, -0.05) is 73.3 Å². The Hall–Kier alpha value is -3.14. The van der Waals surface area contributed by atoms with Gasteiger partial charge in [0.1, 0.15) is 12.1 Å². The second-order valence-corrected chi connectivity index (χ2v) is 17.3. The monoisotopic (exact) mass is 764 g/mol. The third kappa shape index (κ3) is 11.9. The van der Waals surface area contributed by atoms with Crippen LogP contribution in [0.5, 0.6) is 0 Å². The lowest BCUT2D eigenvalue weighted by atomic mass is 9.82. The quantitative estimate of drug-likeness (QED) is 0.0733. The highest BCUT2D eigenvalue weighted by Crippen LogP contribution is 2.34. The summed E-state index contributed by atoms with van der Waals surface area (Å²) in [5.74, 6) is -2.57. The van der Waals surface area contributed by atoms with Crippen LogP contribution >= 0.6 is 11.3 Å². The van der Waals surface area contributed by atoms with Crippen molar-refractivity contribution in [1.82, 2.24) is 31.5 Å². The summed E-state index contributed by atoms with van der Waals surface area (Å²) in [4.78, 5) is 70.7. The number of ketones is 1. The van der Waals surface area contributed by atoms with Crippen LogP contribution in [0.3, 0.4) is 0 Å². The van der Waals surface area contributed by atoms with Crippen molar-refractivity contribution in [3.8, 4) is 0 Å². The van der Waals surface area contributed by atoms with Crippen LogP contribution in [-0.4, -0.2) is 87.0 Å². The van der Waals surface area contributed by atoms with Crippen LogP contribution in [0.25, 0.3) is 0 Å². The van der Waals surface area contributed by atoms with Crippen molar-refractivity contribution in [3.05, 3.63) is 29.0 Å². The number of likely N-dealkylation sites (tertiary alicyclic amines) is 1. The molecule has 3 rings (SSSR count). The van der Waals surface area contributed by atoms with Crippen LogP contribution in [0.4, 0.5) is 4.79 Å². The van der Waals surface area contributed by atoms with Gasteiger partial charge in [0.15, 0.2) is 11.1 Å². The number of Topliss-reactive ketones (excluding diaryl/α,β-unsaturated/α-hetero) is 1. The molecule has 13 nitrogen and oxygen atoms in total. The standard InChI is InChI=1S/C37H60N6O7S2/c1-8-13-26(32(44)34(46)39-18-9-2)40-33(45)31-25(23(3)4)16-19-43(31)35(47)30(24-14-11-10-12-15-24)42-36(48)41-29(37(5,6)7)22-38-21-27-28(52(49)50)17-20-51-27/h9,17,20,23-26,29-31,38H,2,8,10-16,18-19,21-22H2,1,3-7H3,(H,39,46)(H,40,45)(H,49,50)(H2,41,42,48)/t25-,26?,29-,30+,31+/m1/s1. The summed E-state index contributed by atoms with van der Waals surface area (Å²) < 4.78 is 21.3. The Morgan fingerprint density at radius 3 is 2.37 bits per heavy atom. The van der Waals surface area contributed by atoms with E-state index in [4.69, 9.17) is 0 Å². The van der Waals surface area contributed by atoms with E-state index in [9.17, 15) is 32.7 Å². The Labute approximate surface area is 315 Å². The maximum absolute atomic E-state index is 14.6. The number of carbonyl (C=O) groups is 5. The zero-order chi connectivity index (χ0) is 38.6. The highest BCUT2D eigenvalue weighted by molar-refractivity contribution is 7.79. The van der Waals surface area contributed by atoms with E-state index >= 15 is 0 Å². The number of urea groups is 1. The van der Waals surface area contributed by atoms with Gasteiger partial charge in [0, 0.05) is 37.1 Å². The second-order valence-electron chi connectivity index (χ2n) is 15.4. The molecule has 0 radical (unpaired) electrons. The molecule has 292 valence electrons. The average Bonchev–Trinajstić information content (AvgIpc) is 3.76. The predicted octanol–water partition coefficient (Wildman–Crippen LogP) is 4.11. The molecule has 1 aromatic rings. The molecule has 1 saturated carbocycles. The Morgan fingerprint density at radius 2 is 1.77 bits per heavy atom. The molecule has 0 bridgehead atoms. The first-order chi connectivity index (χ1) is 24.6. The van der Waals surface area contributed by atoms with E-state index in [0.717, 1.165) is 37.0 Å². The number of hydrogen-bond donors (Lipinski definition) is 6. The number of nitrogens with zero attached hydrogens (tertiary/aromatic N) is 1. The summed E-state index contributed by atoms with van der Waals surface area (Å²) in [6.45, 7) is 16.6. The number of amides is 5. The average molecular weight is 765 g/mol. The molecule has 1 aliphatic carbocycles. The Morgan fingerprint density at radius 1 is 1.08 bits per heavy atom. The topological polar surface area (TPSA) is 186 Å². The predicted molar refractivity (Wildman–Crippen MR) is 204 cm³/mol.